The molecule has 20 heavy (non-hydrogen) atoms. The van der Waals surface area contributed by atoms with Crippen molar-refractivity contribution in [2.75, 3.05) is 11.9 Å². The van der Waals surface area contributed by atoms with E-state index >= 15 is 0 Å². The minimum atomic E-state index is -0.706. The molecule has 2 aromatic carbocycles. The molecule has 0 saturated heterocycles. The predicted molar refractivity (Wildman–Crippen MR) is 83.3 cm³/mol. The molecule has 106 valence electrons. The molecule has 0 radical (unpaired) electrons. The molecule has 0 aliphatic rings. The van der Waals surface area contributed by atoms with Crippen LogP contribution in [0.2, 0.25) is 0 Å². The Hall–Kier alpha value is -1.39. The summed E-state index contributed by atoms with van der Waals surface area (Å²) in [5.74, 6) is -0.334. The van der Waals surface area contributed by atoms with Gasteiger partial charge in [0.25, 0.3) is 0 Å². The first-order valence-electron chi connectivity index (χ1n) is 6.41. The highest BCUT2D eigenvalue weighted by Gasteiger charge is 2.13. The number of benzene rings is 2. The fourth-order valence-corrected chi connectivity index (χ4v) is 2.59. The summed E-state index contributed by atoms with van der Waals surface area (Å²) < 4.78 is 14.4. The Labute approximate surface area is 127 Å². The van der Waals surface area contributed by atoms with Gasteiger partial charge in [0.1, 0.15) is 5.82 Å². The Bertz CT molecular complexity index is 601. The average molecular weight is 338 g/mol. The van der Waals surface area contributed by atoms with Crippen LogP contribution in [0.5, 0.6) is 0 Å². The molecule has 0 unspecified atom stereocenters. The van der Waals surface area contributed by atoms with Crippen molar-refractivity contribution in [2.24, 2.45) is 0 Å². The minimum absolute atomic E-state index is 0.334. The highest BCUT2D eigenvalue weighted by atomic mass is 79.9. The Morgan fingerprint density at radius 3 is 2.60 bits per heavy atom. The van der Waals surface area contributed by atoms with Crippen LogP contribution in [0.1, 0.15) is 24.2 Å². The Morgan fingerprint density at radius 2 is 1.95 bits per heavy atom. The van der Waals surface area contributed by atoms with Crippen molar-refractivity contribution in [2.45, 2.75) is 19.6 Å². The van der Waals surface area contributed by atoms with E-state index in [0.29, 0.717) is 12.1 Å². The zero-order chi connectivity index (χ0) is 14.7. The summed E-state index contributed by atoms with van der Waals surface area (Å²) in [7, 11) is 1.93. The van der Waals surface area contributed by atoms with Crippen molar-refractivity contribution in [1.29, 1.82) is 0 Å². The van der Waals surface area contributed by atoms with Crippen LogP contribution in [0, 0.1) is 5.82 Å². The summed E-state index contributed by atoms with van der Waals surface area (Å²) in [4.78, 5) is 2.00. The molecule has 4 heteroatoms. The van der Waals surface area contributed by atoms with Gasteiger partial charge in [0.05, 0.1) is 6.10 Å². The average Bonchev–Trinajstić information content (AvgIpc) is 2.41. The summed E-state index contributed by atoms with van der Waals surface area (Å²) in [6, 6.07) is 12.5. The second-order valence-electron chi connectivity index (χ2n) is 4.83. The first kappa shape index (κ1) is 15.0. The van der Waals surface area contributed by atoms with Gasteiger partial charge in [-0.2, -0.15) is 0 Å². The van der Waals surface area contributed by atoms with Crippen LogP contribution in [0.4, 0.5) is 10.1 Å². The van der Waals surface area contributed by atoms with Crippen molar-refractivity contribution in [3.8, 4) is 0 Å². The first-order valence-corrected chi connectivity index (χ1v) is 7.20. The van der Waals surface area contributed by atoms with Crippen LogP contribution >= 0.6 is 15.9 Å². The minimum Gasteiger partial charge on any atom is -0.389 e. The van der Waals surface area contributed by atoms with Gasteiger partial charge in [0.15, 0.2) is 0 Å². The van der Waals surface area contributed by atoms with Gasteiger partial charge in [-0.3, -0.25) is 0 Å². The van der Waals surface area contributed by atoms with Crippen LogP contribution in [0.15, 0.2) is 46.9 Å². The normalized spacial score (nSPS) is 12.2. The lowest BCUT2D eigenvalue weighted by atomic mass is 10.1. The molecule has 0 spiro atoms. The molecule has 0 fully saturated rings. The van der Waals surface area contributed by atoms with Crippen LogP contribution < -0.4 is 4.90 Å². The second kappa shape index (κ2) is 6.37. The monoisotopic (exact) mass is 337 g/mol. The summed E-state index contributed by atoms with van der Waals surface area (Å²) >= 11 is 3.52. The third-order valence-electron chi connectivity index (χ3n) is 3.22. The largest absolute Gasteiger partial charge is 0.389 e. The molecule has 1 N–H and O–H groups in total. The lowest BCUT2D eigenvalue weighted by Crippen LogP contribution is -2.19. The van der Waals surface area contributed by atoms with Crippen molar-refractivity contribution in [3.05, 3.63) is 63.9 Å². The lowest BCUT2D eigenvalue weighted by Gasteiger charge is -2.24. The van der Waals surface area contributed by atoms with E-state index < -0.39 is 6.10 Å². The topological polar surface area (TPSA) is 23.5 Å². The Kier molecular flexibility index (Phi) is 4.78. The van der Waals surface area contributed by atoms with Crippen LogP contribution in [-0.2, 0) is 6.54 Å². The maximum absolute atomic E-state index is 13.3. The number of halogens is 2. The molecular weight excluding hydrogens is 321 g/mol. The molecule has 0 amide bonds. The van der Waals surface area contributed by atoms with Gasteiger partial charge in [0.2, 0.25) is 0 Å². The smallest absolute Gasteiger partial charge is 0.123 e. The predicted octanol–water partition coefficient (Wildman–Crippen LogP) is 4.28. The molecule has 0 heterocycles. The van der Waals surface area contributed by atoms with Gasteiger partial charge >= 0.3 is 0 Å². The van der Waals surface area contributed by atoms with Gasteiger partial charge in [0, 0.05) is 29.3 Å². The van der Waals surface area contributed by atoms with Gasteiger partial charge in [-0.05, 0) is 36.8 Å². The Morgan fingerprint density at radius 1 is 1.25 bits per heavy atom. The van der Waals surface area contributed by atoms with E-state index in [1.807, 2.05) is 36.2 Å². The molecule has 2 aromatic rings. The van der Waals surface area contributed by atoms with E-state index in [-0.39, 0.29) is 5.82 Å². The van der Waals surface area contributed by atoms with Crippen LogP contribution in [-0.4, -0.2) is 12.2 Å². The van der Waals surface area contributed by atoms with Crippen molar-refractivity contribution in [1.82, 2.24) is 0 Å². The molecule has 2 rings (SSSR count). The summed E-state index contributed by atoms with van der Waals surface area (Å²) in [5.41, 5.74) is 2.56. The molecule has 0 aliphatic carbocycles. The second-order valence-corrected chi connectivity index (χ2v) is 5.68. The summed E-state index contributed by atoms with van der Waals surface area (Å²) in [6.07, 6.45) is -0.706. The van der Waals surface area contributed by atoms with E-state index in [1.165, 1.54) is 12.1 Å². The molecule has 0 aromatic heterocycles. The number of nitrogens with zero attached hydrogens (tertiary/aromatic N) is 1. The van der Waals surface area contributed by atoms with Gasteiger partial charge < -0.3 is 10.0 Å². The zero-order valence-electron chi connectivity index (χ0n) is 11.5. The van der Waals surface area contributed by atoms with E-state index in [9.17, 15) is 9.50 Å². The molecule has 2 nitrogen and oxygen atoms in total. The standard InChI is InChI=1S/C16H17BrFNO/c1-11(20)14-9-13(18)7-8-16(14)19(2)10-12-5-3-4-6-15(12)17/h3-9,11,20H,10H2,1-2H3/t11-/m0/s1. The highest BCUT2D eigenvalue weighted by Crippen LogP contribution is 2.28. The first-order chi connectivity index (χ1) is 9.49. The van der Waals surface area contributed by atoms with Crippen LogP contribution in [0.25, 0.3) is 0 Å². The number of aliphatic hydroxyl groups excluding tert-OH is 1. The SMILES string of the molecule is C[C@H](O)c1cc(F)ccc1N(C)Cc1ccccc1Br. The molecule has 0 saturated carbocycles. The maximum Gasteiger partial charge on any atom is 0.123 e. The fourth-order valence-electron chi connectivity index (χ4n) is 2.17. The van der Waals surface area contributed by atoms with Crippen molar-refractivity contribution >= 4 is 21.6 Å². The summed E-state index contributed by atoms with van der Waals surface area (Å²) in [5, 5.41) is 9.80. The van der Waals surface area contributed by atoms with E-state index in [4.69, 9.17) is 0 Å². The van der Waals surface area contributed by atoms with E-state index in [0.717, 1.165) is 15.7 Å². The highest BCUT2D eigenvalue weighted by molar-refractivity contribution is 9.10. The van der Waals surface area contributed by atoms with Crippen LogP contribution in [0.3, 0.4) is 0 Å². The lowest BCUT2D eigenvalue weighted by molar-refractivity contribution is 0.199. The molecular formula is C16H17BrFNO. The summed E-state index contributed by atoms with van der Waals surface area (Å²) in [6.45, 7) is 2.32. The van der Waals surface area contributed by atoms with E-state index in [1.54, 1.807) is 13.0 Å². The maximum atomic E-state index is 13.3. The van der Waals surface area contributed by atoms with Gasteiger partial charge in [-0.15, -0.1) is 0 Å². The third-order valence-corrected chi connectivity index (χ3v) is 3.99. The number of anilines is 1. The number of hydrogen-bond acceptors (Lipinski definition) is 2. The number of rotatable bonds is 4. The molecule has 0 bridgehead atoms. The van der Waals surface area contributed by atoms with Crippen molar-refractivity contribution in [3.63, 3.8) is 0 Å². The number of aliphatic hydroxyl groups is 1. The number of hydrogen-bond donors (Lipinski definition) is 1. The van der Waals surface area contributed by atoms with Gasteiger partial charge in [-0.25, -0.2) is 4.39 Å². The Balaban J connectivity index is 2.30. The zero-order valence-corrected chi connectivity index (χ0v) is 13.1. The third kappa shape index (κ3) is 3.38. The quantitative estimate of drug-likeness (QED) is 0.900. The van der Waals surface area contributed by atoms with Crippen molar-refractivity contribution < 1.29 is 9.50 Å². The molecule has 1 atom stereocenters. The molecule has 0 aliphatic heterocycles. The van der Waals surface area contributed by atoms with E-state index in [2.05, 4.69) is 15.9 Å². The fraction of sp³-hybridized carbons (Fsp3) is 0.250. The van der Waals surface area contributed by atoms with Gasteiger partial charge in [-0.1, -0.05) is 34.1 Å².